The molecule has 0 spiro atoms. The van der Waals surface area contributed by atoms with E-state index in [1.807, 2.05) is 0 Å². The maximum atomic E-state index is 6.55. The fourth-order valence-electron chi connectivity index (χ4n) is 6.89. The summed E-state index contributed by atoms with van der Waals surface area (Å²) >= 11 is 0. The molecule has 0 unspecified atom stereocenters. The molecule has 0 radical (unpaired) electrons. The zero-order chi connectivity index (χ0) is 35.0. The SMILES string of the molecule is CCCCCCCCCCOCC(COCCCCCCCCCC)(COCC[N+](CC)(CC)CC)COCC[N+](CC)(CC)CC. The summed E-state index contributed by atoms with van der Waals surface area (Å²) in [5, 5.41) is 0. The van der Waals surface area contributed by atoms with Crippen molar-refractivity contribution in [2.24, 2.45) is 5.41 Å². The van der Waals surface area contributed by atoms with Crippen molar-refractivity contribution in [2.45, 2.75) is 158 Å². The van der Waals surface area contributed by atoms with Crippen LogP contribution in [0.1, 0.15) is 158 Å². The van der Waals surface area contributed by atoms with Crippen molar-refractivity contribution in [3.8, 4) is 0 Å². The number of ether oxygens (including phenoxy) is 4. The Morgan fingerprint density at radius 1 is 0.319 bits per heavy atom. The van der Waals surface area contributed by atoms with Gasteiger partial charge in [-0.2, -0.15) is 0 Å². The first-order valence-corrected chi connectivity index (χ1v) is 20.9. The highest BCUT2D eigenvalue weighted by Crippen LogP contribution is 2.23. The van der Waals surface area contributed by atoms with E-state index in [2.05, 4.69) is 55.4 Å². The van der Waals surface area contributed by atoms with Crippen molar-refractivity contribution >= 4 is 0 Å². The number of nitrogens with zero attached hydrogens (tertiary/aromatic N) is 2. The van der Waals surface area contributed by atoms with Gasteiger partial charge in [-0.1, -0.05) is 104 Å². The summed E-state index contributed by atoms with van der Waals surface area (Å²) in [4.78, 5) is 0. The van der Waals surface area contributed by atoms with E-state index in [4.69, 9.17) is 18.9 Å². The third-order valence-corrected chi connectivity index (χ3v) is 11.4. The molecule has 0 aliphatic carbocycles. The van der Waals surface area contributed by atoms with Gasteiger partial charge in [-0.15, -0.1) is 0 Å². The van der Waals surface area contributed by atoms with Crippen molar-refractivity contribution in [3.63, 3.8) is 0 Å². The second-order valence-electron chi connectivity index (χ2n) is 14.7. The fourth-order valence-corrected chi connectivity index (χ4v) is 6.89. The van der Waals surface area contributed by atoms with Crippen LogP contribution in [0.4, 0.5) is 0 Å². The summed E-state index contributed by atoms with van der Waals surface area (Å²) in [6.07, 6.45) is 21.1. The number of quaternary nitrogens is 2. The van der Waals surface area contributed by atoms with Crippen LogP contribution in [-0.2, 0) is 18.9 Å². The van der Waals surface area contributed by atoms with Gasteiger partial charge in [0.25, 0.3) is 0 Å². The van der Waals surface area contributed by atoms with Gasteiger partial charge < -0.3 is 27.9 Å². The van der Waals surface area contributed by atoms with Crippen molar-refractivity contribution in [1.82, 2.24) is 0 Å². The van der Waals surface area contributed by atoms with E-state index in [9.17, 15) is 0 Å². The molecule has 47 heavy (non-hydrogen) atoms. The molecule has 0 aliphatic rings. The van der Waals surface area contributed by atoms with E-state index in [0.29, 0.717) is 26.4 Å². The molecular weight excluding hydrogens is 584 g/mol. The summed E-state index contributed by atoms with van der Waals surface area (Å²) in [7, 11) is 0. The van der Waals surface area contributed by atoms with Crippen molar-refractivity contribution < 1.29 is 27.9 Å². The highest BCUT2D eigenvalue weighted by atomic mass is 16.5. The lowest BCUT2D eigenvalue weighted by atomic mass is 9.92. The smallest absolute Gasteiger partial charge is 0.102 e. The van der Waals surface area contributed by atoms with E-state index in [1.165, 1.54) is 89.9 Å². The second-order valence-corrected chi connectivity index (χ2v) is 14.7. The zero-order valence-corrected chi connectivity index (χ0v) is 33.7. The summed E-state index contributed by atoms with van der Waals surface area (Å²) in [5.74, 6) is 0. The molecule has 0 bridgehead atoms. The first-order chi connectivity index (χ1) is 22.9. The third-order valence-electron chi connectivity index (χ3n) is 11.4. The quantitative estimate of drug-likeness (QED) is 0.0483. The summed E-state index contributed by atoms with van der Waals surface area (Å²) in [6, 6.07) is 0. The van der Waals surface area contributed by atoms with E-state index >= 15 is 0 Å². The van der Waals surface area contributed by atoms with Crippen LogP contribution in [0.5, 0.6) is 0 Å². The minimum atomic E-state index is -0.277. The number of unbranched alkanes of at least 4 members (excludes halogenated alkanes) is 14. The van der Waals surface area contributed by atoms with Gasteiger partial charge >= 0.3 is 0 Å². The Hall–Kier alpha value is -0.240. The molecule has 0 aromatic carbocycles. The van der Waals surface area contributed by atoms with Crippen LogP contribution in [0, 0.1) is 5.41 Å². The van der Waals surface area contributed by atoms with E-state index in [1.54, 1.807) is 0 Å². The Balaban J connectivity index is 5.30. The molecule has 0 amide bonds. The Morgan fingerprint density at radius 3 is 0.851 bits per heavy atom. The molecule has 0 heterocycles. The van der Waals surface area contributed by atoms with Crippen LogP contribution < -0.4 is 0 Å². The lowest BCUT2D eigenvalue weighted by Crippen LogP contribution is -2.51. The summed E-state index contributed by atoms with van der Waals surface area (Å²) in [6.45, 7) is 33.2. The molecule has 0 aromatic heterocycles. The minimum Gasteiger partial charge on any atom is -0.381 e. The molecule has 284 valence electrons. The summed E-state index contributed by atoms with van der Waals surface area (Å²) in [5.41, 5.74) is -0.277. The molecular formula is C41H88N2O4+2. The van der Waals surface area contributed by atoms with E-state index < -0.39 is 0 Å². The molecule has 6 nitrogen and oxygen atoms in total. The van der Waals surface area contributed by atoms with E-state index in [0.717, 1.165) is 101 Å². The lowest BCUT2D eigenvalue weighted by Gasteiger charge is -2.38. The first kappa shape index (κ1) is 46.8. The van der Waals surface area contributed by atoms with Crippen LogP contribution in [0.3, 0.4) is 0 Å². The molecule has 0 fully saturated rings. The Bertz CT molecular complexity index is 568. The summed E-state index contributed by atoms with van der Waals surface area (Å²) < 4.78 is 28.2. The highest BCUT2D eigenvalue weighted by molar-refractivity contribution is 4.79. The topological polar surface area (TPSA) is 36.9 Å². The van der Waals surface area contributed by atoms with Crippen LogP contribution in [-0.4, -0.2) is 114 Å². The number of rotatable bonds is 38. The molecule has 0 aromatic rings. The van der Waals surface area contributed by atoms with E-state index in [-0.39, 0.29) is 5.41 Å². The van der Waals surface area contributed by atoms with Gasteiger partial charge in [-0.3, -0.25) is 0 Å². The molecule has 0 saturated heterocycles. The monoisotopic (exact) mass is 673 g/mol. The predicted molar refractivity (Wildman–Crippen MR) is 204 cm³/mol. The van der Waals surface area contributed by atoms with Crippen molar-refractivity contribution in [3.05, 3.63) is 0 Å². The molecule has 0 saturated carbocycles. The van der Waals surface area contributed by atoms with Gasteiger partial charge in [0, 0.05) is 13.2 Å². The largest absolute Gasteiger partial charge is 0.381 e. The third kappa shape index (κ3) is 23.0. The van der Waals surface area contributed by atoms with Crippen molar-refractivity contribution in [2.75, 3.05) is 105 Å². The predicted octanol–water partition coefficient (Wildman–Crippen LogP) is 10.1. The maximum absolute atomic E-state index is 6.55. The Morgan fingerprint density at radius 2 is 0.574 bits per heavy atom. The zero-order valence-electron chi connectivity index (χ0n) is 33.7. The average molecular weight is 673 g/mol. The minimum absolute atomic E-state index is 0.277. The van der Waals surface area contributed by atoms with Gasteiger partial charge in [-0.05, 0) is 54.4 Å². The molecule has 0 atom stereocenters. The maximum Gasteiger partial charge on any atom is 0.102 e. The first-order valence-electron chi connectivity index (χ1n) is 20.9. The number of hydrogen-bond acceptors (Lipinski definition) is 4. The standard InChI is InChI=1S/C41H88N2O4/c1-9-17-19-21-23-25-27-29-33-44-37-41(39-46-35-31-42(11-3,12-4)13-5,40-47-36-32-43(14-6,15-7)16-8)38-45-34-30-28-26-24-22-20-18-10-2/h9-40H2,1-8H3/q+2. The molecule has 0 rings (SSSR count). The van der Waals surface area contributed by atoms with Crippen LogP contribution >= 0.6 is 0 Å². The Kier molecular flexibility index (Phi) is 31.6. The fraction of sp³-hybridized carbons (Fsp3) is 1.00. The normalized spacial score (nSPS) is 12.8. The van der Waals surface area contributed by atoms with Crippen LogP contribution in [0.25, 0.3) is 0 Å². The Labute approximate surface area is 296 Å². The average Bonchev–Trinajstić information content (AvgIpc) is 3.10. The van der Waals surface area contributed by atoms with Crippen LogP contribution in [0.2, 0.25) is 0 Å². The van der Waals surface area contributed by atoms with Gasteiger partial charge in [0.1, 0.15) is 13.1 Å². The highest BCUT2D eigenvalue weighted by Gasteiger charge is 2.34. The molecule has 0 aliphatic heterocycles. The van der Waals surface area contributed by atoms with Gasteiger partial charge in [0.05, 0.1) is 84.3 Å². The number of hydrogen-bond donors (Lipinski definition) is 0. The van der Waals surface area contributed by atoms with Gasteiger partial charge in [0.15, 0.2) is 0 Å². The van der Waals surface area contributed by atoms with Gasteiger partial charge in [-0.25, -0.2) is 0 Å². The lowest BCUT2D eigenvalue weighted by molar-refractivity contribution is -0.923. The molecule has 6 heteroatoms. The van der Waals surface area contributed by atoms with Crippen LogP contribution in [0.15, 0.2) is 0 Å². The molecule has 0 N–H and O–H groups in total. The van der Waals surface area contributed by atoms with Gasteiger partial charge in [0.2, 0.25) is 0 Å². The second kappa shape index (κ2) is 31.7. The number of likely N-dealkylation sites (N-methyl/N-ethyl adjacent to an activating group) is 2. The van der Waals surface area contributed by atoms with Crippen molar-refractivity contribution in [1.29, 1.82) is 0 Å².